The number of esters is 1. The summed E-state index contributed by atoms with van der Waals surface area (Å²) in [6, 6.07) is 0. The van der Waals surface area contributed by atoms with Crippen molar-refractivity contribution >= 4 is 17.7 Å². The summed E-state index contributed by atoms with van der Waals surface area (Å²) < 4.78 is 4.55. The molecule has 0 aliphatic carbocycles. The van der Waals surface area contributed by atoms with Crippen LogP contribution >= 0.6 is 11.8 Å². The van der Waals surface area contributed by atoms with Gasteiger partial charge in [0.1, 0.15) is 0 Å². The van der Waals surface area contributed by atoms with Crippen LogP contribution in [0.15, 0.2) is 11.6 Å². The number of hydrogen-bond acceptors (Lipinski definition) is 4. The van der Waals surface area contributed by atoms with E-state index in [2.05, 4.69) is 4.74 Å². The minimum atomic E-state index is -0.277. The molecule has 0 spiro atoms. The molecule has 0 bridgehead atoms. The molecule has 0 fully saturated rings. The number of carbonyl (C=O) groups excluding carboxylic acids is 1. The molecule has 82 valence electrons. The van der Waals surface area contributed by atoms with Crippen molar-refractivity contribution in [1.82, 2.24) is 0 Å². The fraction of sp³-hybridized carbons (Fsp3) is 0.700. The summed E-state index contributed by atoms with van der Waals surface area (Å²) in [6.07, 6.45) is 1.85. The summed E-state index contributed by atoms with van der Waals surface area (Å²) in [5, 5.41) is 8.77. The molecular formula is C10H18O3S. The minimum Gasteiger partial charge on any atom is -0.466 e. The Bertz CT molecular complexity index is 202. The number of hydrogen-bond donors (Lipinski definition) is 1. The maximum absolute atomic E-state index is 11.0. The van der Waals surface area contributed by atoms with Gasteiger partial charge < -0.3 is 9.84 Å². The largest absolute Gasteiger partial charge is 0.466 e. The van der Waals surface area contributed by atoms with Gasteiger partial charge in [0.25, 0.3) is 0 Å². The van der Waals surface area contributed by atoms with Gasteiger partial charge in [0, 0.05) is 17.9 Å². The number of carbonyl (C=O) groups is 1. The molecule has 0 aromatic rings. The lowest BCUT2D eigenvalue weighted by molar-refractivity contribution is -0.136. The number of ether oxygens (including phenoxy) is 1. The molecule has 0 aliphatic rings. The highest BCUT2D eigenvalue weighted by Crippen LogP contribution is 2.09. The highest BCUT2D eigenvalue weighted by molar-refractivity contribution is 7.99. The smallest absolute Gasteiger partial charge is 0.333 e. The van der Waals surface area contributed by atoms with Gasteiger partial charge in [-0.2, -0.15) is 11.8 Å². The Labute approximate surface area is 89.5 Å². The van der Waals surface area contributed by atoms with Crippen LogP contribution < -0.4 is 0 Å². The lowest BCUT2D eigenvalue weighted by Gasteiger charge is -2.05. The van der Waals surface area contributed by atoms with E-state index in [4.69, 9.17) is 5.11 Å². The lowest BCUT2D eigenvalue weighted by atomic mass is 10.2. The molecule has 0 saturated carbocycles. The van der Waals surface area contributed by atoms with E-state index in [0.29, 0.717) is 11.5 Å². The second-order valence-corrected chi connectivity index (χ2v) is 4.28. The van der Waals surface area contributed by atoms with Crippen molar-refractivity contribution in [3.63, 3.8) is 0 Å². The van der Waals surface area contributed by atoms with Crippen LogP contribution in [0, 0.1) is 5.92 Å². The molecule has 0 saturated heterocycles. The number of thioether (sulfide) groups is 1. The van der Waals surface area contributed by atoms with Crippen LogP contribution in [-0.4, -0.2) is 36.3 Å². The average molecular weight is 218 g/mol. The second-order valence-electron chi connectivity index (χ2n) is 3.20. The Morgan fingerprint density at radius 3 is 2.79 bits per heavy atom. The van der Waals surface area contributed by atoms with Gasteiger partial charge in [-0.3, -0.25) is 0 Å². The molecule has 0 aliphatic heterocycles. The highest BCUT2D eigenvalue weighted by atomic mass is 32.2. The van der Waals surface area contributed by atoms with Crippen molar-refractivity contribution in [2.75, 3.05) is 25.2 Å². The zero-order valence-corrected chi connectivity index (χ0v) is 9.76. The van der Waals surface area contributed by atoms with Gasteiger partial charge in [0.2, 0.25) is 0 Å². The van der Waals surface area contributed by atoms with Gasteiger partial charge in [0.05, 0.1) is 7.11 Å². The Balaban J connectivity index is 3.66. The first-order valence-electron chi connectivity index (χ1n) is 4.55. The van der Waals surface area contributed by atoms with E-state index in [1.54, 1.807) is 18.7 Å². The first-order valence-corrected chi connectivity index (χ1v) is 5.71. The van der Waals surface area contributed by atoms with Gasteiger partial charge in [0.15, 0.2) is 0 Å². The van der Waals surface area contributed by atoms with E-state index in [1.165, 1.54) is 7.11 Å². The summed E-state index contributed by atoms with van der Waals surface area (Å²) in [5.41, 5.74) is 0.636. The normalized spacial score (nSPS) is 13.9. The molecule has 0 radical (unpaired) electrons. The average Bonchev–Trinajstić information content (AvgIpc) is 2.22. The zero-order valence-electron chi connectivity index (χ0n) is 8.95. The van der Waals surface area contributed by atoms with E-state index in [9.17, 15) is 4.79 Å². The van der Waals surface area contributed by atoms with E-state index in [-0.39, 0.29) is 12.6 Å². The van der Waals surface area contributed by atoms with Crippen LogP contribution in [0.1, 0.15) is 13.8 Å². The van der Waals surface area contributed by atoms with E-state index in [1.807, 2.05) is 13.0 Å². The standard InChI is InChI=1S/C10H18O3S/c1-8(6-11)7-14-5-4-9(2)10(12)13-3/h4,8,11H,5-7H2,1-3H3. The molecule has 0 amide bonds. The van der Waals surface area contributed by atoms with Crippen molar-refractivity contribution in [3.8, 4) is 0 Å². The molecule has 0 heterocycles. The number of methoxy groups -OCH3 is 1. The third kappa shape index (κ3) is 6.05. The topological polar surface area (TPSA) is 46.5 Å². The molecule has 0 rings (SSSR count). The quantitative estimate of drug-likeness (QED) is 0.416. The Hall–Kier alpha value is -0.480. The van der Waals surface area contributed by atoms with E-state index >= 15 is 0 Å². The Morgan fingerprint density at radius 2 is 2.29 bits per heavy atom. The van der Waals surface area contributed by atoms with Crippen molar-refractivity contribution in [2.45, 2.75) is 13.8 Å². The maximum atomic E-state index is 11.0. The minimum absolute atomic E-state index is 0.215. The lowest BCUT2D eigenvalue weighted by Crippen LogP contribution is -2.04. The Morgan fingerprint density at radius 1 is 1.64 bits per heavy atom. The van der Waals surface area contributed by atoms with Crippen molar-refractivity contribution < 1.29 is 14.6 Å². The van der Waals surface area contributed by atoms with Crippen LogP contribution in [0.3, 0.4) is 0 Å². The van der Waals surface area contributed by atoms with Gasteiger partial charge in [-0.1, -0.05) is 13.0 Å². The van der Waals surface area contributed by atoms with Crippen LogP contribution in [-0.2, 0) is 9.53 Å². The molecule has 1 N–H and O–H groups in total. The third-order valence-electron chi connectivity index (χ3n) is 1.73. The monoisotopic (exact) mass is 218 g/mol. The van der Waals surface area contributed by atoms with Crippen LogP contribution in [0.2, 0.25) is 0 Å². The molecule has 4 heteroatoms. The van der Waals surface area contributed by atoms with Gasteiger partial charge in [-0.25, -0.2) is 4.79 Å². The summed E-state index contributed by atoms with van der Waals surface area (Å²) in [7, 11) is 1.38. The fourth-order valence-corrected chi connectivity index (χ4v) is 1.76. The first kappa shape index (κ1) is 13.5. The maximum Gasteiger partial charge on any atom is 0.333 e. The van der Waals surface area contributed by atoms with Crippen molar-refractivity contribution in [3.05, 3.63) is 11.6 Å². The summed E-state index contributed by atoms with van der Waals surface area (Å²) >= 11 is 1.70. The number of aliphatic hydroxyl groups is 1. The molecule has 1 unspecified atom stereocenters. The Kier molecular flexibility index (Phi) is 7.61. The second kappa shape index (κ2) is 7.88. The van der Waals surface area contributed by atoms with Crippen LogP contribution in [0.5, 0.6) is 0 Å². The SMILES string of the molecule is COC(=O)C(C)=CCSCC(C)CO. The molecule has 0 aromatic heterocycles. The predicted molar refractivity (Wildman–Crippen MR) is 59.3 cm³/mol. The molecule has 3 nitrogen and oxygen atoms in total. The van der Waals surface area contributed by atoms with E-state index in [0.717, 1.165) is 11.5 Å². The van der Waals surface area contributed by atoms with Gasteiger partial charge in [-0.15, -0.1) is 0 Å². The summed E-state index contributed by atoms with van der Waals surface area (Å²) in [5.74, 6) is 1.72. The molecular weight excluding hydrogens is 200 g/mol. The molecule has 14 heavy (non-hydrogen) atoms. The van der Waals surface area contributed by atoms with Crippen LogP contribution in [0.25, 0.3) is 0 Å². The molecule has 1 atom stereocenters. The van der Waals surface area contributed by atoms with E-state index < -0.39 is 0 Å². The van der Waals surface area contributed by atoms with Crippen LogP contribution in [0.4, 0.5) is 0 Å². The summed E-state index contributed by atoms with van der Waals surface area (Å²) in [4.78, 5) is 11.0. The first-order chi connectivity index (χ1) is 6.61. The van der Waals surface area contributed by atoms with Crippen molar-refractivity contribution in [2.24, 2.45) is 5.92 Å². The van der Waals surface area contributed by atoms with Crippen molar-refractivity contribution in [1.29, 1.82) is 0 Å². The molecule has 0 aromatic carbocycles. The van der Waals surface area contributed by atoms with Gasteiger partial charge >= 0.3 is 5.97 Å². The highest BCUT2D eigenvalue weighted by Gasteiger charge is 2.02. The number of aliphatic hydroxyl groups excluding tert-OH is 1. The third-order valence-corrected chi connectivity index (χ3v) is 2.94. The van der Waals surface area contributed by atoms with Gasteiger partial charge in [-0.05, 0) is 18.6 Å². The zero-order chi connectivity index (χ0) is 11.0. The predicted octanol–water partition coefficient (Wildman–Crippen LogP) is 1.47. The fourth-order valence-electron chi connectivity index (χ4n) is 0.750. The summed E-state index contributed by atoms with van der Waals surface area (Å²) in [6.45, 7) is 3.94. The number of rotatable bonds is 6.